The first kappa shape index (κ1) is 17.2. The van der Waals surface area contributed by atoms with Gasteiger partial charge in [-0.15, -0.1) is 0 Å². The zero-order valence-corrected chi connectivity index (χ0v) is 13.6. The van der Waals surface area contributed by atoms with E-state index in [-0.39, 0.29) is 18.5 Å². The number of carbonyl (C=O) groups is 1. The van der Waals surface area contributed by atoms with Gasteiger partial charge < -0.3 is 4.90 Å². The van der Waals surface area contributed by atoms with Gasteiger partial charge in [0.25, 0.3) is 0 Å². The lowest BCUT2D eigenvalue weighted by Crippen LogP contribution is -2.60. The second-order valence-electron chi connectivity index (χ2n) is 5.93. The summed E-state index contributed by atoms with van der Waals surface area (Å²) in [6.07, 6.45) is -2.60. The first-order valence-electron chi connectivity index (χ1n) is 7.48. The Hall–Kier alpha value is -1.68. The van der Waals surface area contributed by atoms with Crippen molar-refractivity contribution in [3.8, 4) is 0 Å². The summed E-state index contributed by atoms with van der Waals surface area (Å²) < 4.78 is 65.8. The smallest absolute Gasteiger partial charge is 0.337 e. The van der Waals surface area contributed by atoms with Crippen LogP contribution in [0.2, 0.25) is 0 Å². The molecule has 10 heteroatoms. The van der Waals surface area contributed by atoms with E-state index < -0.39 is 32.8 Å². The predicted octanol–water partition coefficient (Wildman–Crippen LogP) is 1.48. The Labute approximate surface area is 137 Å². The maximum atomic E-state index is 13.1. The van der Waals surface area contributed by atoms with Gasteiger partial charge in [-0.2, -0.15) is 17.5 Å². The first-order chi connectivity index (χ1) is 11.1. The molecule has 24 heavy (non-hydrogen) atoms. The predicted molar refractivity (Wildman–Crippen MR) is 77.3 cm³/mol. The fourth-order valence-corrected chi connectivity index (χ4v) is 5.08. The number of hydrogen-bond donors (Lipinski definition) is 0. The fraction of sp³-hybridized carbons (Fsp3) is 0.571. The van der Waals surface area contributed by atoms with Gasteiger partial charge in [-0.05, 0) is 31.9 Å². The Bertz CT molecular complexity index is 766. The second-order valence-corrected chi connectivity index (χ2v) is 7.79. The molecule has 1 aromatic rings. The van der Waals surface area contributed by atoms with Crippen molar-refractivity contribution in [2.45, 2.75) is 42.9 Å². The number of pyridine rings is 1. The number of sulfonamides is 1. The molecule has 2 saturated heterocycles. The number of aromatic nitrogens is 1. The maximum Gasteiger partial charge on any atom is 0.434 e. The van der Waals surface area contributed by atoms with Crippen molar-refractivity contribution in [2.75, 3.05) is 13.1 Å². The Kier molecular flexibility index (Phi) is 4.07. The molecule has 3 heterocycles. The third-order valence-corrected chi connectivity index (χ3v) is 6.43. The van der Waals surface area contributed by atoms with Gasteiger partial charge in [-0.25, -0.2) is 8.42 Å². The molecule has 3 rings (SSSR count). The molecule has 0 aromatic carbocycles. The van der Waals surface area contributed by atoms with Gasteiger partial charge in [0.2, 0.25) is 15.9 Å². The van der Waals surface area contributed by atoms with Crippen LogP contribution in [-0.2, 0) is 21.0 Å². The van der Waals surface area contributed by atoms with Crippen molar-refractivity contribution < 1.29 is 26.4 Å². The third kappa shape index (κ3) is 2.67. The summed E-state index contributed by atoms with van der Waals surface area (Å²) >= 11 is 0. The molecule has 2 aliphatic heterocycles. The van der Waals surface area contributed by atoms with Crippen LogP contribution in [0.3, 0.4) is 0 Å². The molecule has 1 amide bonds. The van der Waals surface area contributed by atoms with Gasteiger partial charge in [0.15, 0.2) is 5.69 Å². The van der Waals surface area contributed by atoms with E-state index in [2.05, 4.69) is 4.98 Å². The van der Waals surface area contributed by atoms with Crippen LogP contribution < -0.4 is 0 Å². The second kappa shape index (κ2) is 5.69. The Morgan fingerprint density at radius 2 is 2.04 bits per heavy atom. The summed E-state index contributed by atoms with van der Waals surface area (Å²) in [5, 5.41) is 0. The van der Waals surface area contributed by atoms with Crippen LogP contribution in [0.4, 0.5) is 13.2 Å². The van der Waals surface area contributed by atoms with Gasteiger partial charge in [0.05, 0.1) is 0 Å². The van der Waals surface area contributed by atoms with E-state index in [1.807, 2.05) is 0 Å². The third-order valence-electron chi connectivity index (χ3n) is 4.47. The van der Waals surface area contributed by atoms with Crippen LogP contribution in [0.1, 0.15) is 25.5 Å². The number of piperazine rings is 1. The molecule has 1 aromatic heterocycles. The Morgan fingerprint density at radius 3 is 2.71 bits per heavy atom. The van der Waals surface area contributed by atoms with Crippen LogP contribution in [-0.4, -0.2) is 53.7 Å². The van der Waals surface area contributed by atoms with E-state index in [0.29, 0.717) is 13.0 Å². The lowest BCUT2D eigenvalue weighted by Gasteiger charge is -2.40. The molecule has 0 radical (unpaired) electrons. The van der Waals surface area contributed by atoms with Gasteiger partial charge >= 0.3 is 6.18 Å². The van der Waals surface area contributed by atoms with Crippen molar-refractivity contribution in [3.05, 3.63) is 24.0 Å². The molecule has 0 N–H and O–H groups in total. The molecule has 0 spiro atoms. The van der Waals surface area contributed by atoms with Crippen LogP contribution in [0.15, 0.2) is 23.2 Å². The highest BCUT2D eigenvalue weighted by Crippen LogP contribution is 2.36. The van der Waals surface area contributed by atoms with E-state index in [9.17, 15) is 26.4 Å². The number of carbonyl (C=O) groups excluding carboxylic acids is 1. The number of rotatable bonds is 2. The summed E-state index contributed by atoms with van der Waals surface area (Å²) in [5.41, 5.74) is -1.46. The average Bonchev–Trinajstić information content (AvgIpc) is 2.98. The van der Waals surface area contributed by atoms with E-state index in [0.717, 1.165) is 29.1 Å². The van der Waals surface area contributed by atoms with Crippen LogP contribution in [0, 0.1) is 0 Å². The topological polar surface area (TPSA) is 70.6 Å². The zero-order chi connectivity index (χ0) is 17.7. The van der Waals surface area contributed by atoms with E-state index >= 15 is 0 Å². The highest BCUT2D eigenvalue weighted by atomic mass is 32.2. The van der Waals surface area contributed by atoms with E-state index in [1.165, 1.54) is 6.92 Å². The Balaban J connectivity index is 2.04. The Morgan fingerprint density at radius 1 is 1.33 bits per heavy atom. The van der Waals surface area contributed by atoms with Crippen molar-refractivity contribution in [1.29, 1.82) is 0 Å². The summed E-state index contributed by atoms with van der Waals surface area (Å²) in [5.74, 6) is -0.371. The van der Waals surface area contributed by atoms with Crippen molar-refractivity contribution in [3.63, 3.8) is 0 Å². The van der Waals surface area contributed by atoms with Crippen LogP contribution in [0.5, 0.6) is 0 Å². The van der Waals surface area contributed by atoms with Crippen molar-refractivity contribution in [2.24, 2.45) is 0 Å². The molecule has 0 aliphatic carbocycles. The molecule has 2 aliphatic rings. The van der Waals surface area contributed by atoms with E-state index in [1.54, 1.807) is 4.90 Å². The molecule has 6 nitrogen and oxygen atoms in total. The van der Waals surface area contributed by atoms with Crippen molar-refractivity contribution in [1.82, 2.24) is 14.2 Å². The van der Waals surface area contributed by atoms with E-state index in [4.69, 9.17) is 0 Å². The highest BCUT2D eigenvalue weighted by molar-refractivity contribution is 7.89. The lowest BCUT2D eigenvalue weighted by molar-refractivity contribution is -0.143. The molecule has 0 bridgehead atoms. The summed E-state index contributed by atoms with van der Waals surface area (Å²) in [6.45, 7) is 1.96. The van der Waals surface area contributed by atoms with Crippen molar-refractivity contribution >= 4 is 15.9 Å². The number of halogens is 3. The minimum Gasteiger partial charge on any atom is -0.337 e. The molecular formula is C14H16F3N3O3S. The zero-order valence-electron chi connectivity index (χ0n) is 12.8. The monoisotopic (exact) mass is 363 g/mol. The molecule has 132 valence electrons. The molecule has 0 saturated carbocycles. The van der Waals surface area contributed by atoms with Crippen LogP contribution >= 0.6 is 0 Å². The maximum absolute atomic E-state index is 13.1. The van der Waals surface area contributed by atoms with Gasteiger partial charge in [-0.1, -0.05) is 0 Å². The number of alkyl halides is 3. The van der Waals surface area contributed by atoms with Gasteiger partial charge in [-0.3, -0.25) is 9.78 Å². The number of nitrogens with zero attached hydrogens (tertiary/aromatic N) is 3. The fourth-order valence-electron chi connectivity index (χ4n) is 3.29. The molecule has 2 fully saturated rings. The van der Waals surface area contributed by atoms with Crippen LogP contribution in [0.25, 0.3) is 0 Å². The molecular weight excluding hydrogens is 347 g/mol. The lowest BCUT2D eigenvalue weighted by atomic mass is 10.1. The molecule has 2 atom stereocenters. The first-order valence-corrected chi connectivity index (χ1v) is 8.92. The summed E-state index contributed by atoms with van der Waals surface area (Å²) in [4.78, 5) is 16.3. The average molecular weight is 363 g/mol. The quantitative estimate of drug-likeness (QED) is 0.798. The normalized spacial score (nSPS) is 25.8. The van der Waals surface area contributed by atoms with Gasteiger partial charge in [0.1, 0.15) is 10.9 Å². The summed E-state index contributed by atoms with van der Waals surface area (Å²) in [6, 6.07) is 0.698. The largest absolute Gasteiger partial charge is 0.434 e. The number of fused-ring (bicyclic) bond motifs is 1. The van der Waals surface area contributed by atoms with Gasteiger partial charge in [0, 0.05) is 25.3 Å². The summed E-state index contributed by atoms with van der Waals surface area (Å²) in [7, 11) is -4.49. The number of hydrogen-bond acceptors (Lipinski definition) is 4. The number of amides is 1. The minimum absolute atomic E-state index is 0.00142. The highest BCUT2D eigenvalue weighted by Gasteiger charge is 2.48. The standard InChI is InChI=1S/C14H16F3N3O3S/c1-9-13(21)19-7-3-4-10(19)8-20(9)24(22,23)11-5-2-6-18-12(11)14(15,16)17/h2,5-6,9-10H,3-4,7-8H2,1H3/t9-,10+/m1/s1. The molecule has 0 unspecified atom stereocenters. The minimum atomic E-state index is -4.90. The SMILES string of the molecule is C[C@@H]1C(=O)N2CCC[C@H]2CN1S(=O)(=O)c1cccnc1C(F)(F)F.